The molecule has 1 atom stereocenters. The summed E-state index contributed by atoms with van der Waals surface area (Å²) in [6, 6.07) is 4.01. The summed E-state index contributed by atoms with van der Waals surface area (Å²) >= 11 is 0. The molecule has 124 valence electrons. The summed E-state index contributed by atoms with van der Waals surface area (Å²) in [7, 11) is 0. The lowest BCUT2D eigenvalue weighted by molar-refractivity contribution is 0.100. The van der Waals surface area contributed by atoms with Gasteiger partial charge in [0, 0.05) is 23.5 Å². The van der Waals surface area contributed by atoms with Crippen LogP contribution in [-0.4, -0.2) is 34.7 Å². The molecule has 0 aliphatic carbocycles. The Bertz CT molecular complexity index is 638. The molecule has 0 aromatic heterocycles. The molecule has 0 unspecified atom stereocenters. The fourth-order valence-corrected chi connectivity index (χ4v) is 1.53. The largest absolute Gasteiger partial charge is 0.508 e. The van der Waals surface area contributed by atoms with E-state index in [0.29, 0.717) is 5.70 Å². The molecule has 0 aliphatic rings. The molecule has 0 heterocycles. The standard InChI is InChI=1S/C16H21N3O4/c1-10(2)18-5-4-15(17)19-16(22)12-6-13(21)8-14(7-12)23-11(3)9-20/h4-8,11,18,20-21H,1,9H2,2-3H3,(H2,17,19,22)/b5-4-/t11-/m0/s1. The number of carbonyl (C=O) groups is 1. The van der Waals surface area contributed by atoms with Crippen molar-refractivity contribution in [2.75, 3.05) is 6.61 Å². The fraction of sp³-hybridized carbons (Fsp3) is 0.250. The minimum Gasteiger partial charge on any atom is -0.508 e. The Balaban J connectivity index is 2.90. The first-order valence-corrected chi connectivity index (χ1v) is 6.90. The van der Waals surface area contributed by atoms with E-state index in [4.69, 9.17) is 15.6 Å². The lowest BCUT2D eigenvalue weighted by atomic mass is 10.2. The summed E-state index contributed by atoms with van der Waals surface area (Å²) in [6.07, 6.45) is 2.46. The quantitative estimate of drug-likeness (QED) is 0.444. The second kappa shape index (κ2) is 8.60. The fourth-order valence-electron chi connectivity index (χ4n) is 1.53. The molecule has 23 heavy (non-hydrogen) atoms. The number of phenolic OH excluding ortho intramolecular Hbond substituents is 1. The molecule has 0 radical (unpaired) electrons. The van der Waals surface area contributed by atoms with Crippen LogP contribution in [0.5, 0.6) is 11.5 Å². The monoisotopic (exact) mass is 319 g/mol. The van der Waals surface area contributed by atoms with Crippen molar-refractivity contribution >= 4 is 11.7 Å². The van der Waals surface area contributed by atoms with Gasteiger partial charge in [0.2, 0.25) is 0 Å². The number of amidine groups is 1. The predicted molar refractivity (Wildman–Crippen MR) is 88.3 cm³/mol. The summed E-state index contributed by atoms with van der Waals surface area (Å²) in [5.74, 6) is -0.523. The minimum atomic E-state index is -0.625. The van der Waals surface area contributed by atoms with Gasteiger partial charge in [-0.05, 0) is 32.1 Å². The van der Waals surface area contributed by atoms with Gasteiger partial charge in [-0.3, -0.25) is 4.79 Å². The number of carbonyl (C=O) groups excluding carboxylic acids is 1. The van der Waals surface area contributed by atoms with E-state index in [1.54, 1.807) is 13.8 Å². The number of aliphatic hydroxyl groups is 1. The van der Waals surface area contributed by atoms with Gasteiger partial charge in [0.05, 0.1) is 6.61 Å². The van der Waals surface area contributed by atoms with E-state index >= 15 is 0 Å². The summed E-state index contributed by atoms with van der Waals surface area (Å²) in [5.41, 5.74) is 6.46. The molecule has 0 spiro atoms. The van der Waals surface area contributed by atoms with Gasteiger partial charge in [0.1, 0.15) is 23.4 Å². The lowest BCUT2D eigenvalue weighted by Crippen LogP contribution is -2.16. The number of aliphatic hydroxyl groups excluding tert-OH is 1. The van der Waals surface area contributed by atoms with Crippen molar-refractivity contribution in [2.24, 2.45) is 10.7 Å². The zero-order valence-corrected chi connectivity index (χ0v) is 13.1. The van der Waals surface area contributed by atoms with Crippen LogP contribution < -0.4 is 15.8 Å². The minimum absolute atomic E-state index is 0.00159. The Morgan fingerprint density at radius 3 is 2.83 bits per heavy atom. The van der Waals surface area contributed by atoms with Crippen LogP contribution in [0.25, 0.3) is 0 Å². The van der Waals surface area contributed by atoms with Gasteiger partial charge in [-0.15, -0.1) is 0 Å². The number of ether oxygens (including phenoxy) is 1. The highest BCUT2D eigenvalue weighted by molar-refractivity contribution is 6.06. The number of amides is 1. The van der Waals surface area contributed by atoms with Crippen LogP contribution in [0.3, 0.4) is 0 Å². The first-order valence-electron chi connectivity index (χ1n) is 6.90. The molecule has 0 bridgehead atoms. The maximum Gasteiger partial charge on any atom is 0.279 e. The van der Waals surface area contributed by atoms with E-state index in [1.165, 1.54) is 30.5 Å². The van der Waals surface area contributed by atoms with E-state index in [-0.39, 0.29) is 29.5 Å². The van der Waals surface area contributed by atoms with E-state index in [2.05, 4.69) is 16.9 Å². The van der Waals surface area contributed by atoms with Crippen LogP contribution in [0, 0.1) is 0 Å². The van der Waals surface area contributed by atoms with Crippen LogP contribution in [0.4, 0.5) is 0 Å². The first-order chi connectivity index (χ1) is 10.8. The Morgan fingerprint density at radius 1 is 1.52 bits per heavy atom. The van der Waals surface area contributed by atoms with E-state index in [1.807, 2.05) is 0 Å². The van der Waals surface area contributed by atoms with Crippen molar-refractivity contribution in [1.29, 1.82) is 0 Å². The maximum absolute atomic E-state index is 12.1. The van der Waals surface area contributed by atoms with Gasteiger partial charge in [0.15, 0.2) is 0 Å². The molecule has 0 fully saturated rings. The number of nitrogens with two attached hydrogens (primary N) is 1. The summed E-state index contributed by atoms with van der Waals surface area (Å²) in [4.78, 5) is 15.8. The number of allylic oxidation sites excluding steroid dienone is 1. The third kappa shape index (κ3) is 6.66. The third-order valence-electron chi connectivity index (χ3n) is 2.55. The SMILES string of the molecule is C=C(C)N/C=C\C(N)=NC(=O)c1cc(O)cc(O[C@@H](C)CO)c1. The van der Waals surface area contributed by atoms with Gasteiger partial charge >= 0.3 is 0 Å². The number of rotatable bonds is 7. The average molecular weight is 319 g/mol. The summed E-state index contributed by atoms with van der Waals surface area (Å²) < 4.78 is 5.36. The van der Waals surface area contributed by atoms with Gasteiger partial charge in [-0.25, -0.2) is 0 Å². The molecule has 1 aromatic carbocycles. The van der Waals surface area contributed by atoms with Crippen molar-refractivity contribution in [3.8, 4) is 11.5 Å². The predicted octanol–water partition coefficient (Wildman–Crippen LogP) is 1.29. The smallest absolute Gasteiger partial charge is 0.279 e. The highest BCUT2D eigenvalue weighted by Crippen LogP contribution is 2.23. The molecule has 0 saturated heterocycles. The molecule has 1 amide bonds. The van der Waals surface area contributed by atoms with Crippen molar-refractivity contribution in [3.05, 3.63) is 48.3 Å². The molecule has 0 saturated carbocycles. The van der Waals surface area contributed by atoms with Crippen LogP contribution in [0.1, 0.15) is 24.2 Å². The molecule has 7 nitrogen and oxygen atoms in total. The molecule has 5 N–H and O–H groups in total. The number of phenols is 1. The average Bonchev–Trinajstić information content (AvgIpc) is 2.45. The number of nitrogens with zero attached hydrogens (tertiary/aromatic N) is 1. The number of nitrogens with one attached hydrogen (secondary N) is 1. The number of aliphatic imine (C=N–C) groups is 1. The van der Waals surface area contributed by atoms with E-state index < -0.39 is 12.0 Å². The number of benzene rings is 1. The van der Waals surface area contributed by atoms with E-state index in [0.717, 1.165) is 0 Å². The second-order valence-corrected chi connectivity index (χ2v) is 4.93. The molecule has 1 rings (SSSR count). The maximum atomic E-state index is 12.1. The number of hydrogen-bond donors (Lipinski definition) is 4. The zero-order chi connectivity index (χ0) is 17.4. The van der Waals surface area contributed by atoms with Gasteiger partial charge in [-0.2, -0.15) is 4.99 Å². The van der Waals surface area contributed by atoms with Crippen LogP contribution in [0.2, 0.25) is 0 Å². The Morgan fingerprint density at radius 2 is 2.22 bits per heavy atom. The second-order valence-electron chi connectivity index (χ2n) is 4.93. The molecular weight excluding hydrogens is 298 g/mol. The van der Waals surface area contributed by atoms with Crippen molar-refractivity contribution in [2.45, 2.75) is 20.0 Å². The molecule has 0 aliphatic heterocycles. The van der Waals surface area contributed by atoms with Gasteiger partial charge in [0.25, 0.3) is 5.91 Å². The number of aromatic hydroxyl groups is 1. The van der Waals surface area contributed by atoms with Crippen molar-refractivity contribution in [3.63, 3.8) is 0 Å². The topological polar surface area (TPSA) is 117 Å². The van der Waals surface area contributed by atoms with Crippen molar-refractivity contribution in [1.82, 2.24) is 5.32 Å². The van der Waals surface area contributed by atoms with Crippen LogP contribution >= 0.6 is 0 Å². The highest BCUT2D eigenvalue weighted by atomic mass is 16.5. The van der Waals surface area contributed by atoms with Crippen LogP contribution in [-0.2, 0) is 0 Å². The van der Waals surface area contributed by atoms with Crippen molar-refractivity contribution < 1.29 is 19.7 Å². The van der Waals surface area contributed by atoms with Crippen LogP contribution in [0.15, 0.2) is 47.7 Å². The Kier molecular flexibility index (Phi) is 6.82. The van der Waals surface area contributed by atoms with Gasteiger partial charge < -0.3 is 26.0 Å². The number of hydrogen-bond acceptors (Lipinski definition) is 5. The Hall–Kier alpha value is -2.80. The molecular formula is C16H21N3O4. The zero-order valence-electron chi connectivity index (χ0n) is 13.1. The molecule has 1 aromatic rings. The molecule has 7 heteroatoms. The van der Waals surface area contributed by atoms with E-state index in [9.17, 15) is 9.90 Å². The Labute approximate surface area is 134 Å². The normalized spacial score (nSPS) is 12.9. The lowest BCUT2D eigenvalue weighted by Gasteiger charge is -2.12. The highest BCUT2D eigenvalue weighted by Gasteiger charge is 2.10. The summed E-state index contributed by atoms with van der Waals surface area (Å²) in [6.45, 7) is 6.87. The summed E-state index contributed by atoms with van der Waals surface area (Å²) in [5, 5.41) is 21.4. The first kappa shape index (κ1) is 18.2. The third-order valence-corrected chi connectivity index (χ3v) is 2.55. The van der Waals surface area contributed by atoms with Gasteiger partial charge in [-0.1, -0.05) is 6.58 Å².